The molecule has 1 aliphatic rings. The van der Waals surface area contributed by atoms with Crippen molar-refractivity contribution in [3.63, 3.8) is 0 Å². The van der Waals surface area contributed by atoms with Crippen LogP contribution in [0.15, 0.2) is 18.2 Å². The van der Waals surface area contributed by atoms with Gasteiger partial charge in [0, 0.05) is 24.8 Å². The number of aromatic nitrogens is 2. The van der Waals surface area contributed by atoms with Crippen molar-refractivity contribution in [1.82, 2.24) is 9.78 Å². The van der Waals surface area contributed by atoms with Crippen molar-refractivity contribution in [2.24, 2.45) is 0 Å². The van der Waals surface area contributed by atoms with Gasteiger partial charge in [0.2, 0.25) is 11.8 Å². The molecular weight excluding hydrogens is 350 g/mol. The summed E-state index contributed by atoms with van der Waals surface area (Å²) in [7, 11) is 0. The fourth-order valence-electron chi connectivity index (χ4n) is 3.44. The number of anilines is 2. The molecule has 1 aromatic heterocycles. The van der Waals surface area contributed by atoms with Gasteiger partial charge < -0.3 is 10.2 Å². The van der Waals surface area contributed by atoms with Gasteiger partial charge in [0.1, 0.15) is 17.9 Å². The molecule has 2 heterocycles. The van der Waals surface area contributed by atoms with Gasteiger partial charge in [0.05, 0.1) is 4.92 Å². The highest BCUT2D eigenvalue weighted by Gasteiger charge is 2.23. The molecule has 0 spiro atoms. The van der Waals surface area contributed by atoms with Crippen molar-refractivity contribution < 1.29 is 14.5 Å². The summed E-state index contributed by atoms with van der Waals surface area (Å²) in [4.78, 5) is 36.4. The number of aryl methyl sites for hydroxylation is 2. The molecule has 0 radical (unpaired) electrons. The van der Waals surface area contributed by atoms with Crippen LogP contribution >= 0.6 is 0 Å². The Hall–Kier alpha value is -3.23. The first-order valence-electron chi connectivity index (χ1n) is 8.67. The second kappa shape index (κ2) is 7.18. The van der Waals surface area contributed by atoms with Crippen LogP contribution in [0.25, 0.3) is 0 Å². The van der Waals surface area contributed by atoms with E-state index >= 15 is 0 Å². The molecule has 0 aliphatic carbocycles. The second-order valence-electron chi connectivity index (χ2n) is 6.60. The van der Waals surface area contributed by atoms with Crippen LogP contribution in [0.5, 0.6) is 0 Å². The van der Waals surface area contributed by atoms with Crippen molar-refractivity contribution in [1.29, 1.82) is 0 Å². The van der Waals surface area contributed by atoms with Gasteiger partial charge in [-0.15, -0.1) is 0 Å². The van der Waals surface area contributed by atoms with Gasteiger partial charge in [-0.05, 0) is 50.5 Å². The van der Waals surface area contributed by atoms with Crippen LogP contribution in [0.1, 0.15) is 30.3 Å². The molecule has 2 amide bonds. The lowest BCUT2D eigenvalue weighted by molar-refractivity contribution is -0.386. The number of hydrogen-bond donors (Lipinski definition) is 1. The van der Waals surface area contributed by atoms with Crippen LogP contribution < -0.4 is 10.2 Å². The predicted octanol–water partition coefficient (Wildman–Crippen LogP) is 2.35. The molecule has 0 saturated carbocycles. The molecule has 0 saturated heterocycles. The molecule has 0 unspecified atom stereocenters. The maximum absolute atomic E-state index is 12.4. The summed E-state index contributed by atoms with van der Waals surface area (Å²) >= 11 is 0. The highest BCUT2D eigenvalue weighted by molar-refractivity contribution is 5.94. The average molecular weight is 371 g/mol. The van der Waals surface area contributed by atoms with Gasteiger partial charge >= 0.3 is 5.69 Å². The number of rotatable bonds is 4. The average Bonchev–Trinajstić information content (AvgIpc) is 2.87. The van der Waals surface area contributed by atoms with E-state index in [1.165, 1.54) is 4.68 Å². The first kappa shape index (κ1) is 18.6. The normalized spacial score (nSPS) is 13.2. The smallest absolute Gasteiger partial charge is 0.312 e. The third kappa shape index (κ3) is 3.67. The van der Waals surface area contributed by atoms with Crippen molar-refractivity contribution in [3.05, 3.63) is 45.3 Å². The van der Waals surface area contributed by atoms with E-state index in [-0.39, 0.29) is 29.7 Å². The van der Waals surface area contributed by atoms with Gasteiger partial charge in [-0.3, -0.25) is 24.4 Å². The molecule has 1 aromatic carbocycles. The Kier molecular flexibility index (Phi) is 4.93. The number of benzene rings is 1. The molecule has 3 rings (SSSR count). The number of nitrogens with zero attached hydrogens (tertiary/aromatic N) is 4. The summed E-state index contributed by atoms with van der Waals surface area (Å²) in [6.07, 6.45) is 1.71. The van der Waals surface area contributed by atoms with Crippen molar-refractivity contribution >= 4 is 28.9 Å². The molecule has 0 fully saturated rings. The third-order valence-electron chi connectivity index (χ3n) is 4.68. The molecule has 1 aliphatic heterocycles. The van der Waals surface area contributed by atoms with Crippen molar-refractivity contribution in [2.45, 2.75) is 40.2 Å². The third-order valence-corrected chi connectivity index (χ3v) is 4.68. The highest BCUT2D eigenvalue weighted by Crippen LogP contribution is 2.30. The van der Waals surface area contributed by atoms with Crippen LogP contribution in [0.4, 0.5) is 17.1 Å². The molecule has 0 bridgehead atoms. The molecule has 142 valence electrons. The highest BCUT2D eigenvalue weighted by atomic mass is 16.6. The van der Waals surface area contributed by atoms with Gasteiger partial charge in [-0.1, -0.05) is 0 Å². The Labute approximate surface area is 156 Å². The second-order valence-corrected chi connectivity index (χ2v) is 6.60. The number of hydrogen-bond acceptors (Lipinski definition) is 5. The largest absolute Gasteiger partial charge is 0.324 e. The zero-order valence-electron chi connectivity index (χ0n) is 15.5. The Morgan fingerprint density at radius 1 is 1.33 bits per heavy atom. The van der Waals surface area contributed by atoms with Gasteiger partial charge in [0.15, 0.2) is 0 Å². The maximum atomic E-state index is 12.4. The summed E-state index contributed by atoms with van der Waals surface area (Å²) in [5.41, 5.74) is 3.07. The van der Waals surface area contributed by atoms with Crippen LogP contribution in [0.2, 0.25) is 0 Å². The fraction of sp³-hybridized carbons (Fsp3) is 0.389. The lowest BCUT2D eigenvalue weighted by Gasteiger charge is -2.29. The van der Waals surface area contributed by atoms with Crippen LogP contribution in [-0.2, 0) is 22.6 Å². The molecule has 9 nitrogen and oxygen atoms in total. The minimum atomic E-state index is -0.490. The standard InChI is InChI=1S/C18H21N5O4/c1-11-18(23(26)27)12(2)22(20-11)10-17(25)19-15-6-7-16-14(9-15)5-4-8-21(16)13(3)24/h6-7,9H,4-5,8,10H2,1-3H3,(H,19,25). The summed E-state index contributed by atoms with van der Waals surface area (Å²) in [6, 6.07) is 5.45. The van der Waals surface area contributed by atoms with Crippen LogP contribution in [0, 0.1) is 24.0 Å². The molecule has 0 atom stereocenters. The molecule has 27 heavy (non-hydrogen) atoms. The summed E-state index contributed by atoms with van der Waals surface area (Å²) < 4.78 is 1.33. The van der Waals surface area contributed by atoms with Gasteiger partial charge in [0.25, 0.3) is 0 Å². The van der Waals surface area contributed by atoms with Gasteiger partial charge in [-0.2, -0.15) is 5.10 Å². The van der Waals surface area contributed by atoms with E-state index in [0.29, 0.717) is 17.9 Å². The van der Waals surface area contributed by atoms with E-state index in [1.54, 1.807) is 31.7 Å². The number of carbonyl (C=O) groups is 2. The zero-order valence-corrected chi connectivity index (χ0v) is 15.5. The van der Waals surface area contributed by atoms with E-state index in [0.717, 1.165) is 24.1 Å². The number of nitro groups is 1. The topological polar surface area (TPSA) is 110 Å². The predicted molar refractivity (Wildman–Crippen MR) is 99.8 cm³/mol. The summed E-state index contributed by atoms with van der Waals surface area (Å²) in [5, 5.41) is 17.9. The SMILES string of the molecule is CC(=O)N1CCCc2cc(NC(=O)Cn3nc(C)c([N+](=O)[O-])c3C)ccc21. The summed E-state index contributed by atoms with van der Waals surface area (Å²) in [6.45, 7) is 5.24. The van der Waals surface area contributed by atoms with E-state index in [1.807, 2.05) is 12.1 Å². The quantitative estimate of drug-likeness (QED) is 0.655. The van der Waals surface area contributed by atoms with E-state index < -0.39 is 4.92 Å². The van der Waals surface area contributed by atoms with Crippen molar-refractivity contribution in [3.8, 4) is 0 Å². The van der Waals surface area contributed by atoms with E-state index in [4.69, 9.17) is 0 Å². The molecule has 1 N–H and O–H groups in total. The Balaban J connectivity index is 1.75. The minimum absolute atomic E-state index is 0.00106. The Bertz CT molecular complexity index is 934. The zero-order chi connectivity index (χ0) is 19.7. The Morgan fingerprint density at radius 2 is 2.07 bits per heavy atom. The molecule has 2 aromatic rings. The number of nitrogens with one attached hydrogen (secondary N) is 1. The number of amides is 2. The minimum Gasteiger partial charge on any atom is -0.324 e. The maximum Gasteiger partial charge on any atom is 0.312 e. The van der Waals surface area contributed by atoms with E-state index in [2.05, 4.69) is 10.4 Å². The Morgan fingerprint density at radius 3 is 2.70 bits per heavy atom. The van der Waals surface area contributed by atoms with Crippen LogP contribution in [0.3, 0.4) is 0 Å². The molecular formula is C18H21N5O4. The summed E-state index contributed by atoms with van der Waals surface area (Å²) in [5.74, 6) is -0.325. The monoisotopic (exact) mass is 371 g/mol. The van der Waals surface area contributed by atoms with Crippen molar-refractivity contribution in [2.75, 3.05) is 16.8 Å². The first-order chi connectivity index (χ1) is 12.8. The molecule has 9 heteroatoms. The van der Waals surface area contributed by atoms with E-state index in [9.17, 15) is 19.7 Å². The number of fused-ring (bicyclic) bond motifs is 1. The van der Waals surface area contributed by atoms with Crippen LogP contribution in [-0.4, -0.2) is 33.1 Å². The lowest BCUT2D eigenvalue weighted by Crippen LogP contribution is -2.33. The first-order valence-corrected chi connectivity index (χ1v) is 8.67. The van der Waals surface area contributed by atoms with Gasteiger partial charge in [-0.25, -0.2) is 0 Å². The fourth-order valence-corrected chi connectivity index (χ4v) is 3.44. The number of carbonyl (C=O) groups excluding carboxylic acids is 2. The lowest BCUT2D eigenvalue weighted by atomic mass is 10.0.